The molecule has 3 N–H and O–H groups in total. The molecule has 3 aromatic rings. The van der Waals surface area contributed by atoms with Gasteiger partial charge in [0.2, 0.25) is 0 Å². The standard InChI is InChI=1S/C19H21N5O/c1-20-18(25)16-5-6-17(24-23-16)22-12-19(8-2-9-19)14-3-4-15-13(11-14)7-10-21-15/h3-7,10-11,21H,2,8-9,12H2,1H3,(H,20,25)(H,22,24). The highest BCUT2D eigenvalue weighted by Crippen LogP contribution is 2.44. The average Bonchev–Trinajstić information content (AvgIpc) is 3.08. The fraction of sp³-hybridized carbons (Fsp3) is 0.316. The molecular weight excluding hydrogens is 314 g/mol. The van der Waals surface area contributed by atoms with Crippen molar-refractivity contribution in [3.05, 3.63) is 53.9 Å². The number of hydrogen-bond acceptors (Lipinski definition) is 4. The Bertz CT molecular complexity index is 896. The zero-order chi connectivity index (χ0) is 17.3. The molecule has 1 aromatic carbocycles. The number of hydrogen-bond donors (Lipinski definition) is 3. The minimum Gasteiger partial charge on any atom is -0.368 e. The van der Waals surface area contributed by atoms with Gasteiger partial charge in [0.05, 0.1) is 0 Å². The number of benzene rings is 1. The van der Waals surface area contributed by atoms with Gasteiger partial charge in [0, 0.05) is 30.7 Å². The van der Waals surface area contributed by atoms with E-state index in [1.54, 1.807) is 19.2 Å². The van der Waals surface area contributed by atoms with E-state index in [0.29, 0.717) is 11.5 Å². The van der Waals surface area contributed by atoms with Crippen LogP contribution in [0.5, 0.6) is 0 Å². The smallest absolute Gasteiger partial charge is 0.271 e. The normalized spacial score (nSPS) is 15.6. The van der Waals surface area contributed by atoms with Crippen molar-refractivity contribution in [1.82, 2.24) is 20.5 Å². The Balaban J connectivity index is 1.50. The van der Waals surface area contributed by atoms with Gasteiger partial charge in [-0.25, -0.2) is 0 Å². The quantitative estimate of drug-likeness (QED) is 0.669. The topological polar surface area (TPSA) is 82.7 Å². The fourth-order valence-electron chi connectivity index (χ4n) is 3.49. The van der Waals surface area contributed by atoms with E-state index in [1.165, 1.54) is 35.7 Å². The van der Waals surface area contributed by atoms with Crippen LogP contribution in [0.15, 0.2) is 42.6 Å². The third-order valence-corrected chi connectivity index (χ3v) is 5.21. The Morgan fingerprint density at radius 3 is 2.76 bits per heavy atom. The first kappa shape index (κ1) is 15.6. The maximum atomic E-state index is 11.5. The van der Waals surface area contributed by atoms with E-state index in [2.05, 4.69) is 50.1 Å². The van der Waals surface area contributed by atoms with Crippen LogP contribution in [-0.4, -0.2) is 34.7 Å². The Kier molecular flexibility index (Phi) is 3.87. The number of H-pyrrole nitrogens is 1. The highest BCUT2D eigenvalue weighted by atomic mass is 16.1. The van der Waals surface area contributed by atoms with Crippen molar-refractivity contribution in [3.63, 3.8) is 0 Å². The van der Waals surface area contributed by atoms with Crippen molar-refractivity contribution in [2.24, 2.45) is 0 Å². The van der Waals surface area contributed by atoms with Crippen molar-refractivity contribution in [2.75, 3.05) is 18.9 Å². The number of nitrogens with zero attached hydrogens (tertiary/aromatic N) is 2. The van der Waals surface area contributed by atoms with Gasteiger partial charge in [-0.05, 0) is 54.1 Å². The summed E-state index contributed by atoms with van der Waals surface area (Å²) < 4.78 is 0. The molecule has 6 heteroatoms. The van der Waals surface area contributed by atoms with Crippen LogP contribution in [0.2, 0.25) is 0 Å². The summed E-state index contributed by atoms with van der Waals surface area (Å²) in [5, 5.41) is 15.3. The van der Waals surface area contributed by atoms with Crippen molar-refractivity contribution in [2.45, 2.75) is 24.7 Å². The SMILES string of the molecule is CNC(=O)c1ccc(NCC2(c3ccc4[nH]ccc4c3)CCC2)nn1. The number of aromatic amines is 1. The summed E-state index contributed by atoms with van der Waals surface area (Å²) in [5.41, 5.74) is 3.01. The highest BCUT2D eigenvalue weighted by molar-refractivity contribution is 5.91. The Morgan fingerprint density at radius 1 is 1.20 bits per heavy atom. The third kappa shape index (κ3) is 2.84. The molecule has 2 aromatic heterocycles. The summed E-state index contributed by atoms with van der Waals surface area (Å²) in [7, 11) is 1.58. The molecule has 1 fully saturated rings. The van der Waals surface area contributed by atoms with Crippen LogP contribution in [0.4, 0.5) is 5.82 Å². The summed E-state index contributed by atoms with van der Waals surface area (Å²) in [5.74, 6) is 0.468. The van der Waals surface area contributed by atoms with Gasteiger partial charge in [0.1, 0.15) is 5.82 Å². The molecule has 1 amide bonds. The average molecular weight is 335 g/mol. The van der Waals surface area contributed by atoms with Crippen molar-refractivity contribution < 1.29 is 4.79 Å². The maximum absolute atomic E-state index is 11.5. The summed E-state index contributed by atoms with van der Waals surface area (Å²) >= 11 is 0. The predicted molar refractivity (Wildman–Crippen MR) is 97.7 cm³/mol. The van der Waals surface area contributed by atoms with Gasteiger partial charge < -0.3 is 15.6 Å². The third-order valence-electron chi connectivity index (χ3n) is 5.21. The van der Waals surface area contributed by atoms with E-state index >= 15 is 0 Å². The Labute approximate surface area is 146 Å². The number of fused-ring (bicyclic) bond motifs is 1. The second-order valence-electron chi connectivity index (χ2n) is 6.65. The number of anilines is 1. The van der Waals surface area contributed by atoms with Crippen LogP contribution in [0.3, 0.4) is 0 Å². The molecule has 1 aliphatic rings. The maximum Gasteiger partial charge on any atom is 0.271 e. The molecular formula is C19H21N5O. The van der Waals surface area contributed by atoms with Crippen molar-refractivity contribution in [1.29, 1.82) is 0 Å². The van der Waals surface area contributed by atoms with E-state index in [4.69, 9.17) is 0 Å². The van der Waals surface area contributed by atoms with Crippen LogP contribution in [-0.2, 0) is 5.41 Å². The number of nitrogens with one attached hydrogen (secondary N) is 3. The van der Waals surface area contributed by atoms with Crippen LogP contribution in [0.25, 0.3) is 10.9 Å². The Hall–Kier alpha value is -2.89. The summed E-state index contributed by atoms with van der Waals surface area (Å²) in [6.07, 6.45) is 5.55. The van der Waals surface area contributed by atoms with Gasteiger partial charge in [0.15, 0.2) is 5.69 Å². The number of carbonyl (C=O) groups is 1. The zero-order valence-electron chi connectivity index (χ0n) is 14.2. The second kappa shape index (κ2) is 6.20. The molecule has 0 saturated heterocycles. The van der Waals surface area contributed by atoms with Gasteiger partial charge >= 0.3 is 0 Å². The van der Waals surface area contributed by atoms with Gasteiger partial charge in [0.25, 0.3) is 5.91 Å². The molecule has 4 rings (SSSR count). The number of carbonyl (C=O) groups excluding carboxylic acids is 1. The lowest BCUT2D eigenvalue weighted by Crippen LogP contribution is -2.41. The molecule has 0 radical (unpaired) electrons. The zero-order valence-corrected chi connectivity index (χ0v) is 14.2. The molecule has 0 spiro atoms. The minimum absolute atomic E-state index is 0.145. The van der Waals surface area contributed by atoms with E-state index < -0.39 is 0 Å². The molecule has 128 valence electrons. The Morgan fingerprint density at radius 2 is 2.08 bits per heavy atom. The van der Waals surface area contributed by atoms with Crippen LogP contribution in [0.1, 0.15) is 35.3 Å². The lowest BCUT2D eigenvalue weighted by Gasteiger charge is -2.42. The number of rotatable bonds is 5. The summed E-state index contributed by atoms with van der Waals surface area (Å²) in [6.45, 7) is 0.816. The first-order valence-electron chi connectivity index (χ1n) is 8.57. The molecule has 0 aliphatic heterocycles. The molecule has 0 atom stereocenters. The van der Waals surface area contributed by atoms with E-state index in [0.717, 1.165) is 6.54 Å². The van der Waals surface area contributed by atoms with E-state index in [9.17, 15) is 4.79 Å². The largest absolute Gasteiger partial charge is 0.368 e. The lowest BCUT2D eigenvalue weighted by atomic mass is 9.64. The second-order valence-corrected chi connectivity index (χ2v) is 6.65. The van der Waals surface area contributed by atoms with Crippen LogP contribution >= 0.6 is 0 Å². The van der Waals surface area contributed by atoms with Crippen LogP contribution < -0.4 is 10.6 Å². The van der Waals surface area contributed by atoms with Gasteiger partial charge in [-0.3, -0.25) is 4.79 Å². The lowest BCUT2D eigenvalue weighted by molar-refractivity contribution is 0.0957. The van der Waals surface area contributed by atoms with Gasteiger partial charge in [-0.1, -0.05) is 12.5 Å². The molecule has 1 saturated carbocycles. The van der Waals surface area contributed by atoms with Crippen molar-refractivity contribution >= 4 is 22.6 Å². The number of aromatic nitrogens is 3. The highest BCUT2D eigenvalue weighted by Gasteiger charge is 2.38. The molecule has 1 aliphatic carbocycles. The fourth-order valence-corrected chi connectivity index (χ4v) is 3.49. The number of amides is 1. The predicted octanol–water partition coefficient (Wildman–Crippen LogP) is 2.85. The van der Waals surface area contributed by atoms with Gasteiger partial charge in [-0.15, -0.1) is 10.2 Å². The molecule has 0 unspecified atom stereocenters. The molecule has 25 heavy (non-hydrogen) atoms. The van der Waals surface area contributed by atoms with Crippen molar-refractivity contribution in [3.8, 4) is 0 Å². The first-order chi connectivity index (χ1) is 12.2. The summed E-state index contributed by atoms with van der Waals surface area (Å²) in [6, 6.07) is 12.3. The molecule has 2 heterocycles. The van der Waals surface area contributed by atoms with Crippen LogP contribution in [0, 0.1) is 0 Å². The van der Waals surface area contributed by atoms with E-state index in [-0.39, 0.29) is 11.3 Å². The molecule has 6 nitrogen and oxygen atoms in total. The monoisotopic (exact) mass is 335 g/mol. The molecule has 0 bridgehead atoms. The summed E-state index contributed by atoms with van der Waals surface area (Å²) in [4.78, 5) is 14.8. The van der Waals surface area contributed by atoms with Gasteiger partial charge in [-0.2, -0.15) is 0 Å². The van der Waals surface area contributed by atoms with E-state index in [1.807, 2.05) is 6.20 Å². The first-order valence-corrected chi connectivity index (χ1v) is 8.57. The minimum atomic E-state index is -0.227.